The van der Waals surface area contributed by atoms with E-state index in [9.17, 15) is 19.7 Å². The van der Waals surface area contributed by atoms with Crippen molar-refractivity contribution in [3.05, 3.63) is 70.4 Å². The Kier molecular flexibility index (Phi) is 7.09. The highest BCUT2D eigenvalue weighted by molar-refractivity contribution is 6.02. The Labute approximate surface area is 202 Å². The largest absolute Gasteiger partial charge is 0.483 e. The van der Waals surface area contributed by atoms with Gasteiger partial charge in [-0.1, -0.05) is 24.3 Å². The van der Waals surface area contributed by atoms with Crippen LogP contribution in [0.15, 0.2) is 54.7 Å². The summed E-state index contributed by atoms with van der Waals surface area (Å²) in [4.78, 5) is 43.9. The summed E-state index contributed by atoms with van der Waals surface area (Å²) in [6.45, 7) is 5.54. The van der Waals surface area contributed by atoms with Gasteiger partial charge in [0.2, 0.25) is 0 Å². The van der Waals surface area contributed by atoms with Gasteiger partial charge in [-0.2, -0.15) is 0 Å². The molecule has 1 aliphatic rings. The number of hydrogen-bond donors (Lipinski definition) is 1. The molecule has 182 valence electrons. The van der Waals surface area contributed by atoms with Crippen molar-refractivity contribution in [2.24, 2.45) is 0 Å². The van der Waals surface area contributed by atoms with E-state index < -0.39 is 4.92 Å². The van der Waals surface area contributed by atoms with E-state index in [4.69, 9.17) is 4.74 Å². The molecule has 1 aliphatic heterocycles. The second-order valence-corrected chi connectivity index (χ2v) is 8.62. The molecule has 2 amide bonds. The first-order chi connectivity index (χ1) is 16.8. The average molecular weight is 478 g/mol. The number of anilines is 1. The number of benzene rings is 2. The highest BCUT2D eigenvalue weighted by Gasteiger charge is 2.26. The third kappa shape index (κ3) is 5.65. The molecule has 0 spiro atoms. The molecule has 35 heavy (non-hydrogen) atoms. The molecule has 0 bridgehead atoms. The first kappa shape index (κ1) is 23.9. The van der Waals surface area contributed by atoms with Gasteiger partial charge in [-0.05, 0) is 42.8 Å². The Morgan fingerprint density at radius 1 is 1.09 bits per heavy atom. The Bertz CT molecular complexity index is 1240. The Morgan fingerprint density at radius 2 is 1.77 bits per heavy atom. The molecule has 0 atom stereocenters. The fourth-order valence-electron chi connectivity index (χ4n) is 4.00. The predicted molar refractivity (Wildman–Crippen MR) is 132 cm³/mol. The molecule has 10 nitrogen and oxygen atoms in total. The Hall–Kier alpha value is -4.21. The van der Waals surface area contributed by atoms with Crippen molar-refractivity contribution in [2.45, 2.75) is 19.9 Å². The first-order valence-corrected chi connectivity index (χ1v) is 11.4. The molecule has 0 radical (unpaired) electrons. The molecule has 2 aromatic carbocycles. The van der Waals surface area contributed by atoms with E-state index >= 15 is 0 Å². The lowest BCUT2D eigenvalue weighted by atomic mass is 10.0. The first-order valence-electron chi connectivity index (χ1n) is 11.4. The monoisotopic (exact) mass is 477 g/mol. The van der Waals surface area contributed by atoms with E-state index in [2.05, 4.69) is 10.3 Å². The summed E-state index contributed by atoms with van der Waals surface area (Å²) in [6.07, 6.45) is 1.24. The summed E-state index contributed by atoms with van der Waals surface area (Å²) < 4.78 is 5.81. The Balaban J connectivity index is 1.49. The quantitative estimate of drug-likeness (QED) is 0.410. The van der Waals surface area contributed by atoms with Gasteiger partial charge >= 0.3 is 0 Å². The number of carbonyl (C=O) groups is 2. The SMILES string of the molecule is CC(C)NC(=O)COc1cc2ccccc2cc1C(=O)N1CCN(c2ccc([N+](=O)[O-])cn2)CC1. The number of pyridine rings is 1. The molecule has 0 unspecified atom stereocenters. The van der Waals surface area contributed by atoms with Crippen molar-refractivity contribution in [1.29, 1.82) is 0 Å². The molecule has 1 aromatic heterocycles. The van der Waals surface area contributed by atoms with Crippen LogP contribution < -0.4 is 15.0 Å². The lowest BCUT2D eigenvalue weighted by Gasteiger charge is -2.35. The second-order valence-electron chi connectivity index (χ2n) is 8.62. The summed E-state index contributed by atoms with van der Waals surface area (Å²) >= 11 is 0. The number of nitro groups is 1. The van der Waals surface area contributed by atoms with Gasteiger partial charge < -0.3 is 19.9 Å². The van der Waals surface area contributed by atoms with Gasteiger partial charge in [0.05, 0.1) is 10.5 Å². The second kappa shape index (κ2) is 10.4. The number of aromatic nitrogens is 1. The number of rotatable bonds is 7. The predicted octanol–water partition coefficient (Wildman–Crippen LogP) is 3.01. The number of hydrogen-bond acceptors (Lipinski definition) is 7. The van der Waals surface area contributed by atoms with Gasteiger partial charge in [0, 0.05) is 38.3 Å². The van der Waals surface area contributed by atoms with Crippen molar-refractivity contribution in [3.63, 3.8) is 0 Å². The highest BCUT2D eigenvalue weighted by Crippen LogP contribution is 2.28. The van der Waals surface area contributed by atoms with Crippen LogP contribution in [-0.4, -0.2) is 65.4 Å². The molecule has 1 N–H and O–H groups in total. The van der Waals surface area contributed by atoms with Crippen LogP contribution in [0.5, 0.6) is 5.75 Å². The molecule has 0 aliphatic carbocycles. The van der Waals surface area contributed by atoms with Crippen LogP contribution in [-0.2, 0) is 4.79 Å². The molecular formula is C25H27N5O5. The van der Waals surface area contributed by atoms with E-state index in [0.717, 1.165) is 10.8 Å². The number of nitrogens with one attached hydrogen (secondary N) is 1. The van der Waals surface area contributed by atoms with Gasteiger partial charge in [-0.25, -0.2) is 4.98 Å². The molecule has 1 fully saturated rings. The van der Waals surface area contributed by atoms with Crippen LogP contribution in [0.1, 0.15) is 24.2 Å². The van der Waals surface area contributed by atoms with Crippen molar-refractivity contribution in [3.8, 4) is 5.75 Å². The van der Waals surface area contributed by atoms with Crippen LogP contribution in [0.2, 0.25) is 0 Å². The van der Waals surface area contributed by atoms with Crippen LogP contribution in [0, 0.1) is 10.1 Å². The van der Waals surface area contributed by atoms with Gasteiger partial charge in [0.15, 0.2) is 6.61 Å². The summed E-state index contributed by atoms with van der Waals surface area (Å²) in [6, 6.07) is 14.3. The number of piperazine rings is 1. The van der Waals surface area contributed by atoms with E-state index in [1.54, 1.807) is 23.1 Å². The molecule has 0 saturated carbocycles. The van der Waals surface area contributed by atoms with E-state index in [-0.39, 0.29) is 30.2 Å². The van der Waals surface area contributed by atoms with Crippen LogP contribution in [0.3, 0.4) is 0 Å². The van der Waals surface area contributed by atoms with E-state index in [1.165, 1.54) is 12.3 Å². The van der Waals surface area contributed by atoms with E-state index in [1.807, 2.05) is 43.0 Å². The molecule has 2 heterocycles. The summed E-state index contributed by atoms with van der Waals surface area (Å²) in [5.74, 6) is 0.572. The summed E-state index contributed by atoms with van der Waals surface area (Å²) in [5.41, 5.74) is 0.344. The van der Waals surface area contributed by atoms with Crippen molar-refractivity contribution >= 4 is 34.1 Å². The minimum atomic E-state index is -0.483. The third-order valence-electron chi connectivity index (χ3n) is 5.72. The van der Waals surface area contributed by atoms with Crippen molar-refractivity contribution in [2.75, 3.05) is 37.7 Å². The van der Waals surface area contributed by atoms with Gasteiger partial charge in [-0.15, -0.1) is 0 Å². The van der Waals surface area contributed by atoms with Crippen LogP contribution in [0.25, 0.3) is 10.8 Å². The minimum absolute atomic E-state index is 0.00894. The van der Waals surface area contributed by atoms with Gasteiger partial charge in [-0.3, -0.25) is 19.7 Å². The number of carbonyl (C=O) groups excluding carboxylic acids is 2. The minimum Gasteiger partial charge on any atom is -0.483 e. The standard InChI is InChI=1S/C25H27N5O5/c1-17(2)27-24(31)16-35-22-14-19-6-4-3-5-18(19)13-21(22)25(32)29-11-9-28(10-12-29)23-8-7-20(15-26-23)30(33)34/h3-8,13-15,17H,9-12,16H2,1-2H3,(H,27,31). The maximum Gasteiger partial charge on any atom is 0.287 e. The maximum absolute atomic E-state index is 13.5. The molecule has 1 saturated heterocycles. The normalized spacial score (nSPS) is 13.7. The van der Waals surface area contributed by atoms with E-state index in [0.29, 0.717) is 43.3 Å². The topological polar surface area (TPSA) is 118 Å². The Morgan fingerprint density at radius 3 is 2.37 bits per heavy atom. The number of amides is 2. The lowest BCUT2D eigenvalue weighted by Crippen LogP contribution is -2.49. The fraction of sp³-hybridized carbons (Fsp3) is 0.320. The van der Waals surface area contributed by atoms with Crippen molar-refractivity contribution in [1.82, 2.24) is 15.2 Å². The van der Waals surface area contributed by atoms with Crippen LogP contribution >= 0.6 is 0 Å². The number of fused-ring (bicyclic) bond motifs is 1. The summed E-state index contributed by atoms with van der Waals surface area (Å²) in [5, 5.41) is 15.5. The molecule has 4 rings (SSSR count). The third-order valence-corrected chi connectivity index (χ3v) is 5.72. The summed E-state index contributed by atoms with van der Waals surface area (Å²) in [7, 11) is 0. The van der Waals surface area contributed by atoms with Gasteiger partial charge in [0.1, 0.15) is 17.8 Å². The zero-order chi connectivity index (χ0) is 24.9. The molecule has 10 heteroatoms. The number of nitrogens with zero attached hydrogens (tertiary/aromatic N) is 4. The zero-order valence-corrected chi connectivity index (χ0v) is 19.6. The highest BCUT2D eigenvalue weighted by atomic mass is 16.6. The lowest BCUT2D eigenvalue weighted by molar-refractivity contribution is -0.385. The maximum atomic E-state index is 13.5. The number of ether oxygens (including phenoxy) is 1. The zero-order valence-electron chi connectivity index (χ0n) is 19.6. The fourth-order valence-corrected chi connectivity index (χ4v) is 4.00. The van der Waals surface area contributed by atoms with Gasteiger partial charge in [0.25, 0.3) is 17.5 Å². The average Bonchev–Trinajstić information content (AvgIpc) is 2.86. The van der Waals surface area contributed by atoms with Crippen LogP contribution in [0.4, 0.5) is 11.5 Å². The van der Waals surface area contributed by atoms with Crippen molar-refractivity contribution < 1.29 is 19.2 Å². The smallest absolute Gasteiger partial charge is 0.287 e. The molecule has 3 aromatic rings. The molecular weight excluding hydrogens is 450 g/mol.